The smallest absolute Gasteiger partial charge is 0.247 e. The molecule has 0 aliphatic rings. The van der Waals surface area contributed by atoms with Crippen LogP contribution < -0.4 is 17.1 Å². The fraction of sp³-hybridized carbons (Fsp3) is 0.400. The van der Waals surface area contributed by atoms with E-state index in [-0.39, 0.29) is 0 Å². The van der Waals surface area contributed by atoms with Crippen LogP contribution in [0.5, 0.6) is 0 Å². The quantitative estimate of drug-likeness (QED) is 0.477. The van der Waals surface area contributed by atoms with Crippen molar-refractivity contribution in [3.63, 3.8) is 0 Å². The van der Waals surface area contributed by atoms with Crippen molar-refractivity contribution in [2.45, 2.75) is 0 Å². The van der Waals surface area contributed by atoms with Gasteiger partial charge in [0.2, 0.25) is 0 Å². The van der Waals surface area contributed by atoms with E-state index in [9.17, 15) is 14.4 Å². The molecule has 1 aromatic heterocycles. The average Bonchev–Trinajstić information content (AvgIpc) is 2.08. The van der Waals surface area contributed by atoms with Gasteiger partial charge in [-0.05, 0) is 0 Å². The van der Waals surface area contributed by atoms with E-state index in [1.165, 1.54) is 14.1 Å². The lowest BCUT2D eigenvalue weighted by atomic mass is 10.9. The van der Waals surface area contributed by atoms with Crippen molar-refractivity contribution >= 4 is 12.8 Å². The zero-order valence-electron chi connectivity index (χ0n) is 6.51. The van der Waals surface area contributed by atoms with Crippen LogP contribution in [0.25, 0.3) is 0 Å². The van der Waals surface area contributed by atoms with Gasteiger partial charge in [0.15, 0.2) is 0 Å². The molecule has 0 aliphatic heterocycles. The van der Waals surface area contributed by atoms with Gasteiger partial charge in [0.25, 0.3) is 0 Å². The zero-order chi connectivity index (χ0) is 9.46. The molecule has 66 valence electrons. The van der Waals surface area contributed by atoms with Crippen LogP contribution in [0.2, 0.25) is 0 Å². The summed E-state index contributed by atoms with van der Waals surface area (Å²) in [5, 5.41) is 0. The minimum absolute atomic E-state index is 0.571. The van der Waals surface area contributed by atoms with Crippen LogP contribution in [0.15, 0.2) is 14.4 Å². The van der Waals surface area contributed by atoms with Crippen LogP contribution in [-0.4, -0.2) is 13.1 Å². The molecule has 1 aromatic rings. The fourth-order valence-corrected chi connectivity index (χ4v) is 1.02. The molecule has 0 N–H and O–H groups in total. The maximum Gasteiger partial charge on any atom is 0.346 e. The van der Waals surface area contributed by atoms with Gasteiger partial charge in [0.05, 0.1) is 0 Å². The standard InChI is InChI=1S/C5H7N3O3S/c1-6-3(9)7(2)5(11)8(12)4(6)10/h12H,1-2H3. The highest BCUT2D eigenvalue weighted by Gasteiger charge is 2.06. The molecule has 0 spiro atoms. The number of aromatic nitrogens is 3. The van der Waals surface area contributed by atoms with Crippen molar-refractivity contribution in [2.24, 2.45) is 14.1 Å². The third-order valence-electron chi connectivity index (χ3n) is 1.51. The van der Waals surface area contributed by atoms with Crippen LogP contribution in [0, 0.1) is 0 Å². The van der Waals surface area contributed by atoms with Gasteiger partial charge in [-0.1, -0.05) is 12.8 Å². The molecule has 12 heavy (non-hydrogen) atoms. The Kier molecular flexibility index (Phi) is 1.97. The highest BCUT2D eigenvalue weighted by atomic mass is 32.1. The Morgan fingerprint density at radius 2 is 1.25 bits per heavy atom. The van der Waals surface area contributed by atoms with Crippen molar-refractivity contribution in [3.05, 3.63) is 31.5 Å². The lowest BCUT2D eigenvalue weighted by molar-refractivity contribution is 0.607. The Bertz CT molecular complexity index is 378. The number of thiol groups is 1. The SMILES string of the molecule is Cn1c(=O)n(C)c(=O)n(S)c1=O. The number of hydrogen-bond acceptors (Lipinski definition) is 4. The lowest BCUT2D eigenvalue weighted by Gasteiger charge is -2.01. The average molecular weight is 189 g/mol. The van der Waals surface area contributed by atoms with Crippen molar-refractivity contribution in [2.75, 3.05) is 0 Å². The Morgan fingerprint density at radius 3 is 1.58 bits per heavy atom. The second-order valence-corrected chi connectivity index (χ2v) is 2.68. The van der Waals surface area contributed by atoms with Gasteiger partial charge in [-0.2, -0.15) is 3.97 Å². The summed E-state index contributed by atoms with van der Waals surface area (Å²) in [6.45, 7) is 0. The Morgan fingerprint density at radius 1 is 0.917 bits per heavy atom. The summed E-state index contributed by atoms with van der Waals surface area (Å²) in [4.78, 5) is 33.0. The third-order valence-corrected chi connectivity index (χ3v) is 1.85. The zero-order valence-corrected chi connectivity index (χ0v) is 7.41. The van der Waals surface area contributed by atoms with Crippen LogP contribution in [-0.2, 0) is 14.1 Å². The highest BCUT2D eigenvalue weighted by molar-refractivity contribution is 7.78. The van der Waals surface area contributed by atoms with Crippen molar-refractivity contribution < 1.29 is 0 Å². The topological polar surface area (TPSA) is 66.0 Å². The molecule has 0 unspecified atom stereocenters. The van der Waals surface area contributed by atoms with Crippen molar-refractivity contribution in [1.82, 2.24) is 13.1 Å². The number of nitrogens with zero attached hydrogens (tertiary/aromatic N) is 3. The maximum absolute atomic E-state index is 11.0. The first-order valence-corrected chi connectivity index (χ1v) is 3.45. The first kappa shape index (κ1) is 8.85. The van der Waals surface area contributed by atoms with Gasteiger partial charge in [-0.3, -0.25) is 0 Å². The largest absolute Gasteiger partial charge is 0.346 e. The molecule has 7 heteroatoms. The van der Waals surface area contributed by atoms with Gasteiger partial charge < -0.3 is 0 Å². The predicted molar refractivity (Wildman–Crippen MR) is 45.6 cm³/mol. The molecule has 0 saturated heterocycles. The number of hydrogen-bond donors (Lipinski definition) is 1. The van der Waals surface area contributed by atoms with E-state index in [2.05, 4.69) is 12.8 Å². The van der Waals surface area contributed by atoms with Gasteiger partial charge in [0.1, 0.15) is 0 Å². The summed E-state index contributed by atoms with van der Waals surface area (Å²) in [7, 11) is 2.55. The van der Waals surface area contributed by atoms with Gasteiger partial charge in [-0.25, -0.2) is 23.5 Å². The van der Waals surface area contributed by atoms with E-state index in [1.807, 2.05) is 0 Å². The monoisotopic (exact) mass is 189 g/mol. The molecule has 1 rings (SSSR count). The predicted octanol–water partition coefficient (Wildman–Crippen LogP) is -2.06. The molecular weight excluding hydrogens is 182 g/mol. The van der Waals surface area contributed by atoms with Crippen molar-refractivity contribution in [1.29, 1.82) is 0 Å². The minimum atomic E-state index is -0.744. The summed E-state index contributed by atoms with van der Waals surface area (Å²) in [6.07, 6.45) is 0. The van der Waals surface area contributed by atoms with E-state index in [4.69, 9.17) is 0 Å². The first-order chi connectivity index (χ1) is 5.46. The molecule has 0 amide bonds. The summed E-state index contributed by atoms with van der Waals surface area (Å²) in [6, 6.07) is 0. The second kappa shape index (κ2) is 2.67. The summed E-state index contributed by atoms with van der Waals surface area (Å²) in [5.74, 6) is 0. The van der Waals surface area contributed by atoms with E-state index < -0.39 is 17.1 Å². The van der Waals surface area contributed by atoms with Gasteiger partial charge in [0, 0.05) is 14.1 Å². The van der Waals surface area contributed by atoms with Crippen LogP contribution in [0.3, 0.4) is 0 Å². The van der Waals surface area contributed by atoms with Crippen LogP contribution in [0.1, 0.15) is 0 Å². The van der Waals surface area contributed by atoms with E-state index >= 15 is 0 Å². The minimum Gasteiger partial charge on any atom is -0.247 e. The molecule has 0 fully saturated rings. The van der Waals surface area contributed by atoms with E-state index in [0.29, 0.717) is 3.97 Å². The van der Waals surface area contributed by atoms with E-state index in [1.54, 1.807) is 0 Å². The van der Waals surface area contributed by atoms with Crippen LogP contribution in [0.4, 0.5) is 0 Å². The van der Waals surface area contributed by atoms with Crippen molar-refractivity contribution in [3.8, 4) is 0 Å². The molecule has 0 atom stereocenters. The molecule has 0 radical (unpaired) electrons. The molecule has 0 aromatic carbocycles. The number of rotatable bonds is 0. The third kappa shape index (κ3) is 1.02. The van der Waals surface area contributed by atoms with Gasteiger partial charge >= 0.3 is 17.1 Å². The van der Waals surface area contributed by atoms with E-state index in [0.717, 1.165) is 9.13 Å². The maximum atomic E-state index is 11.0. The first-order valence-electron chi connectivity index (χ1n) is 3.05. The molecular formula is C5H7N3O3S. The lowest BCUT2D eigenvalue weighted by Crippen LogP contribution is -2.50. The summed E-state index contributed by atoms with van der Waals surface area (Å²) in [5.41, 5.74) is -2.15. The summed E-state index contributed by atoms with van der Waals surface area (Å²) < 4.78 is 2.17. The highest BCUT2D eigenvalue weighted by Crippen LogP contribution is 1.67. The Balaban J connectivity index is 4.00. The van der Waals surface area contributed by atoms with Crippen LogP contribution >= 0.6 is 12.8 Å². The second-order valence-electron chi connectivity index (χ2n) is 2.28. The summed E-state index contributed by atoms with van der Waals surface area (Å²) >= 11 is 3.61. The molecule has 1 heterocycles. The molecule has 6 nitrogen and oxygen atoms in total. The fourth-order valence-electron chi connectivity index (χ4n) is 0.755. The normalized spacial score (nSPS) is 10.2. The van der Waals surface area contributed by atoms with Gasteiger partial charge in [-0.15, -0.1) is 0 Å². The Hall–Kier alpha value is -1.24. The molecule has 0 aliphatic carbocycles. The molecule has 0 bridgehead atoms. The Labute approximate surface area is 72.2 Å². The molecule has 0 saturated carbocycles.